The van der Waals surface area contributed by atoms with Gasteiger partial charge in [-0.15, -0.1) is 0 Å². The van der Waals surface area contributed by atoms with Gasteiger partial charge in [-0.25, -0.2) is 4.98 Å². The molecule has 0 spiro atoms. The highest BCUT2D eigenvalue weighted by molar-refractivity contribution is 6.30. The van der Waals surface area contributed by atoms with Gasteiger partial charge < -0.3 is 10.6 Å². The molecule has 0 amide bonds. The van der Waals surface area contributed by atoms with Crippen molar-refractivity contribution in [1.82, 2.24) is 9.88 Å². The summed E-state index contributed by atoms with van der Waals surface area (Å²) in [5, 5.41) is 0.557. The lowest BCUT2D eigenvalue weighted by molar-refractivity contribution is 0.307. The molecular formula is C10H14ClN3. The smallest absolute Gasteiger partial charge is 0.133 e. The summed E-state index contributed by atoms with van der Waals surface area (Å²) in [6.45, 7) is 2.44. The van der Waals surface area contributed by atoms with Gasteiger partial charge in [-0.05, 0) is 25.1 Å². The average Bonchev–Trinajstić information content (AvgIpc) is 2.16. The Morgan fingerprint density at radius 2 is 2.43 bits per heavy atom. The van der Waals surface area contributed by atoms with Crippen LogP contribution < -0.4 is 5.73 Å². The molecule has 3 nitrogen and oxygen atoms in total. The molecular weight excluding hydrogens is 198 g/mol. The molecule has 2 heterocycles. The normalized spacial score (nSPS) is 16.8. The minimum absolute atomic E-state index is 0.467. The number of rotatable bonds is 1. The van der Waals surface area contributed by atoms with Crippen LogP contribution in [-0.4, -0.2) is 23.5 Å². The van der Waals surface area contributed by atoms with E-state index >= 15 is 0 Å². The molecule has 0 radical (unpaired) electrons. The third-order valence-electron chi connectivity index (χ3n) is 2.62. The maximum absolute atomic E-state index is 6.00. The summed E-state index contributed by atoms with van der Waals surface area (Å²) in [4.78, 5) is 6.62. The maximum atomic E-state index is 6.00. The van der Waals surface area contributed by atoms with E-state index in [4.69, 9.17) is 17.3 Å². The summed E-state index contributed by atoms with van der Waals surface area (Å²) in [5.74, 6) is 0. The van der Waals surface area contributed by atoms with Crippen LogP contribution in [0, 0.1) is 0 Å². The molecule has 0 fully saturated rings. The molecule has 1 aromatic heterocycles. The molecule has 0 bridgehead atoms. The first-order valence-electron chi connectivity index (χ1n) is 4.76. The molecule has 1 aliphatic heterocycles. The standard InChI is InChI=1S/C10H14ClN3/c1-14-3-2-7-4-8(5-12)10(11)13-9(7)6-14/h4H,2-3,5-6,12H2,1H3. The van der Waals surface area contributed by atoms with Gasteiger partial charge in [0.1, 0.15) is 5.15 Å². The van der Waals surface area contributed by atoms with Crippen molar-refractivity contribution in [3.05, 3.63) is 28.0 Å². The average molecular weight is 212 g/mol. The molecule has 4 heteroatoms. The third kappa shape index (κ3) is 1.75. The van der Waals surface area contributed by atoms with Gasteiger partial charge in [-0.1, -0.05) is 11.6 Å². The number of fused-ring (bicyclic) bond motifs is 1. The van der Waals surface area contributed by atoms with Crippen molar-refractivity contribution < 1.29 is 0 Å². The highest BCUT2D eigenvalue weighted by Crippen LogP contribution is 2.22. The lowest BCUT2D eigenvalue weighted by Crippen LogP contribution is -2.27. The molecule has 2 N–H and O–H groups in total. The third-order valence-corrected chi connectivity index (χ3v) is 2.95. The molecule has 0 unspecified atom stereocenters. The van der Waals surface area contributed by atoms with Crippen LogP contribution >= 0.6 is 11.6 Å². The Bertz CT molecular complexity index is 351. The molecule has 0 saturated carbocycles. The van der Waals surface area contributed by atoms with E-state index in [2.05, 4.69) is 23.0 Å². The van der Waals surface area contributed by atoms with E-state index in [0.29, 0.717) is 11.7 Å². The topological polar surface area (TPSA) is 42.1 Å². The summed E-state index contributed by atoms with van der Waals surface area (Å²) in [5.41, 5.74) is 8.93. The first-order valence-corrected chi connectivity index (χ1v) is 5.14. The van der Waals surface area contributed by atoms with E-state index in [1.54, 1.807) is 0 Å². The Balaban J connectivity index is 2.40. The number of hydrogen-bond donors (Lipinski definition) is 1. The zero-order valence-corrected chi connectivity index (χ0v) is 9.01. The van der Waals surface area contributed by atoms with E-state index in [1.807, 2.05) is 0 Å². The fourth-order valence-corrected chi connectivity index (χ4v) is 1.99. The van der Waals surface area contributed by atoms with Crippen LogP contribution in [0.2, 0.25) is 5.15 Å². The van der Waals surface area contributed by atoms with Crippen LogP contribution in [0.25, 0.3) is 0 Å². The van der Waals surface area contributed by atoms with Gasteiger partial charge >= 0.3 is 0 Å². The molecule has 76 valence electrons. The lowest BCUT2D eigenvalue weighted by Gasteiger charge is -2.24. The van der Waals surface area contributed by atoms with Gasteiger partial charge in [0.2, 0.25) is 0 Å². The molecule has 1 aromatic rings. The summed E-state index contributed by atoms with van der Waals surface area (Å²) in [6.07, 6.45) is 1.04. The predicted octanol–water partition coefficient (Wildman–Crippen LogP) is 1.18. The van der Waals surface area contributed by atoms with Gasteiger partial charge in [0, 0.05) is 25.2 Å². The number of hydrogen-bond acceptors (Lipinski definition) is 3. The molecule has 1 aliphatic rings. The second kappa shape index (κ2) is 3.85. The molecule has 2 rings (SSSR count). The van der Waals surface area contributed by atoms with Crippen molar-refractivity contribution in [2.45, 2.75) is 19.5 Å². The fourth-order valence-electron chi connectivity index (χ4n) is 1.76. The van der Waals surface area contributed by atoms with Crippen LogP contribution in [0.4, 0.5) is 0 Å². The fraction of sp³-hybridized carbons (Fsp3) is 0.500. The van der Waals surface area contributed by atoms with E-state index in [0.717, 1.165) is 30.8 Å². The zero-order valence-electron chi connectivity index (χ0n) is 8.26. The predicted molar refractivity (Wildman–Crippen MR) is 57.2 cm³/mol. The van der Waals surface area contributed by atoms with Crippen molar-refractivity contribution in [3.8, 4) is 0 Å². The second-order valence-corrected chi connectivity index (χ2v) is 4.09. The highest BCUT2D eigenvalue weighted by atomic mass is 35.5. The quantitative estimate of drug-likeness (QED) is 0.710. The van der Waals surface area contributed by atoms with Crippen molar-refractivity contribution in [2.75, 3.05) is 13.6 Å². The highest BCUT2D eigenvalue weighted by Gasteiger charge is 2.16. The summed E-state index contributed by atoms with van der Waals surface area (Å²) in [7, 11) is 2.09. The van der Waals surface area contributed by atoms with E-state index in [1.165, 1.54) is 5.56 Å². The Kier molecular flexibility index (Phi) is 2.72. The first-order chi connectivity index (χ1) is 6.70. The van der Waals surface area contributed by atoms with Gasteiger partial charge in [-0.2, -0.15) is 0 Å². The summed E-state index contributed by atoms with van der Waals surface area (Å²) < 4.78 is 0. The van der Waals surface area contributed by atoms with E-state index in [-0.39, 0.29) is 0 Å². The monoisotopic (exact) mass is 211 g/mol. The van der Waals surface area contributed by atoms with Crippen molar-refractivity contribution in [1.29, 1.82) is 0 Å². The van der Waals surface area contributed by atoms with Crippen LogP contribution in [0.15, 0.2) is 6.07 Å². The van der Waals surface area contributed by atoms with Crippen molar-refractivity contribution in [3.63, 3.8) is 0 Å². The molecule has 0 saturated heterocycles. The Hall–Kier alpha value is -0.640. The van der Waals surface area contributed by atoms with E-state index < -0.39 is 0 Å². The largest absolute Gasteiger partial charge is 0.326 e. The SMILES string of the molecule is CN1CCc2cc(CN)c(Cl)nc2C1. The van der Waals surface area contributed by atoms with Gasteiger partial charge in [-0.3, -0.25) is 0 Å². The number of pyridine rings is 1. The van der Waals surface area contributed by atoms with Crippen molar-refractivity contribution >= 4 is 11.6 Å². The van der Waals surface area contributed by atoms with Gasteiger partial charge in [0.15, 0.2) is 0 Å². The summed E-state index contributed by atoms with van der Waals surface area (Å²) in [6, 6.07) is 2.09. The zero-order chi connectivity index (χ0) is 10.1. The molecule has 0 aliphatic carbocycles. The van der Waals surface area contributed by atoms with Crippen LogP contribution in [0.3, 0.4) is 0 Å². The number of halogens is 1. The number of nitrogens with two attached hydrogens (primary N) is 1. The second-order valence-electron chi connectivity index (χ2n) is 3.74. The first kappa shape index (κ1) is 9.90. The molecule has 14 heavy (non-hydrogen) atoms. The Morgan fingerprint density at radius 3 is 3.14 bits per heavy atom. The van der Waals surface area contributed by atoms with Crippen LogP contribution in [0.5, 0.6) is 0 Å². The van der Waals surface area contributed by atoms with Crippen LogP contribution in [0.1, 0.15) is 16.8 Å². The molecule has 0 aromatic carbocycles. The van der Waals surface area contributed by atoms with Gasteiger partial charge in [0.05, 0.1) is 5.69 Å². The van der Waals surface area contributed by atoms with Gasteiger partial charge in [0.25, 0.3) is 0 Å². The molecule has 0 atom stereocenters. The van der Waals surface area contributed by atoms with E-state index in [9.17, 15) is 0 Å². The van der Waals surface area contributed by atoms with Crippen LogP contribution in [-0.2, 0) is 19.5 Å². The minimum atomic E-state index is 0.467. The Morgan fingerprint density at radius 1 is 1.64 bits per heavy atom. The minimum Gasteiger partial charge on any atom is -0.326 e. The number of aromatic nitrogens is 1. The number of likely N-dealkylation sites (N-methyl/N-ethyl adjacent to an activating group) is 1. The maximum Gasteiger partial charge on any atom is 0.133 e. The summed E-state index contributed by atoms with van der Waals surface area (Å²) >= 11 is 6.00. The number of nitrogens with zero attached hydrogens (tertiary/aromatic N) is 2. The Labute approximate surface area is 88.9 Å². The lowest BCUT2D eigenvalue weighted by atomic mass is 10.0. The van der Waals surface area contributed by atoms with Crippen molar-refractivity contribution in [2.24, 2.45) is 5.73 Å².